The van der Waals surface area contributed by atoms with Crippen LogP contribution in [-0.2, 0) is 4.74 Å². The van der Waals surface area contributed by atoms with Crippen molar-refractivity contribution >= 4 is 23.2 Å². The van der Waals surface area contributed by atoms with Crippen molar-refractivity contribution in [2.45, 2.75) is 23.3 Å². The van der Waals surface area contributed by atoms with Gasteiger partial charge in [-0.2, -0.15) is 0 Å². The Morgan fingerprint density at radius 1 is 1.19 bits per heavy atom. The summed E-state index contributed by atoms with van der Waals surface area (Å²) in [5.41, 5.74) is 2.59. The van der Waals surface area contributed by atoms with Gasteiger partial charge in [-0.15, -0.1) is 11.6 Å². The lowest BCUT2D eigenvalue weighted by Crippen LogP contribution is -2.30. The summed E-state index contributed by atoms with van der Waals surface area (Å²) in [5, 5.41) is 0.590. The molecule has 16 heavy (non-hydrogen) atoms. The third-order valence-electron chi connectivity index (χ3n) is 3.61. The molecule has 0 amide bonds. The molecule has 1 nitrogen and oxygen atoms in total. The number of allylic oxidation sites excluding steroid dienone is 1. The number of methoxy groups -OCH3 is 1. The van der Waals surface area contributed by atoms with Crippen molar-refractivity contribution in [2.75, 3.05) is 7.11 Å². The Kier molecular flexibility index (Phi) is 2.50. The largest absolute Gasteiger partial charge is 0.380 e. The second kappa shape index (κ2) is 3.76. The van der Waals surface area contributed by atoms with Crippen LogP contribution >= 0.6 is 23.2 Å². The highest BCUT2D eigenvalue weighted by atomic mass is 35.5. The summed E-state index contributed by atoms with van der Waals surface area (Å²) in [6.07, 6.45) is 2.16. The van der Waals surface area contributed by atoms with Gasteiger partial charge >= 0.3 is 0 Å². The summed E-state index contributed by atoms with van der Waals surface area (Å²) in [4.78, 5) is 0. The number of hydrogen-bond donors (Lipinski definition) is 0. The molecule has 3 rings (SSSR count). The lowest BCUT2D eigenvalue weighted by molar-refractivity contribution is 0.0755. The molecule has 2 aliphatic carbocycles. The molecule has 0 N–H and O–H groups in total. The zero-order valence-electron chi connectivity index (χ0n) is 8.86. The number of hydrogen-bond acceptors (Lipinski definition) is 1. The molecule has 0 aromatic heterocycles. The highest BCUT2D eigenvalue weighted by Crippen LogP contribution is 2.53. The van der Waals surface area contributed by atoms with Gasteiger partial charge in [0, 0.05) is 24.0 Å². The number of halogens is 2. The molecule has 1 aromatic rings. The van der Waals surface area contributed by atoms with Crippen LogP contribution in [0.5, 0.6) is 0 Å². The van der Waals surface area contributed by atoms with Gasteiger partial charge in [-0.3, -0.25) is 0 Å². The normalized spacial score (nSPS) is 35.8. The Labute approximate surface area is 105 Å². The summed E-state index contributed by atoms with van der Waals surface area (Å²) in [5.74, 6) is 0.444. The van der Waals surface area contributed by atoms with Crippen LogP contribution in [0, 0.1) is 0 Å². The van der Waals surface area contributed by atoms with E-state index >= 15 is 0 Å². The van der Waals surface area contributed by atoms with Gasteiger partial charge < -0.3 is 4.74 Å². The van der Waals surface area contributed by atoms with Crippen molar-refractivity contribution in [3.05, 3.63) is 46.5 Å². The van der Waals surface area contributed by atoms with Crippen LogP contribution in [0.25, 0.3) is 0 Å². The van der Waals surface area contributed by atoms with Gasteiger partial charge in [-0.05, 0) is 11.1 Å². The van der Waals surface area contributed by atoms with Gasteiger partial charge in [-0.25, -0.2) is 0 Å². The van der Waals surface area contributed by atoms with E-state index in [-0.39, 0.29) is 23.3 Å². The third kappa shape index (κ3) is 1.29. The van der Waals surface area contributed by atoms with Crippen molar-refractivity contribution in [3.8, 4) is 0 Å². The molecule has 2 aliphatic rings. The molecular weight excluding hydrogens is 243 g/mol. The zero-order valence-corrected chi connectivity index (χ0v) is 10.4. The van der Waals surface area contributed by atoms with Crippen LogP contribution in [-0.4, -0.2) is 18.6 Å². The van der Waals surface area contributed by atoms with Crippen LogP contribution in [0.2, 0.25) is 0 Å². The van der Waals surface area contributed by atoms with Crippen molar-refractivity contribution in [1.82, 2.24) is 0 Å². The van der Waals surface area contributed by atoms with Gasteiger partial charge in [-0.1, -0.05) is 41.9 Å². The van der Waals surface area contributed by atoms with Gasteiger partial charge in [0.25, 0.3) is 0 Å². The van der Waals surface area contributed by atoms with Gasteiger partial charge in [0.1, 0.15) is 0 Å². The van der Waals surface area contributed by atoms with Crippen molar-refractivity contribution < 1.29 is 4.74 Å². The van der Waals surface area contributed by atoms with Gasteiger partial charge in [0.05, 0.1) is 11.5 Å². The second-order valence-electron chi connectivity index (χ2n) is 4.33. The maximum Gasteiger partial charge on any atom is 0.0782 e. The first-order valence-corrected chi connectivity index (χ1v) is 6.18. The van der Waals surface area contributed by atoms with Crippen LogP contribution in [0.3, 0.4) is 0 Å². The van der Waals surface area contributed by atoms with E-state index in [4.69, 9.17) is 27.9 Å². The lowest BCUT2D eigenvalue weighted by Gasteiger charge is -2.30. The van der Waals surface area contributed by atoms with Crippen molar-refractivity contribution in [3.63, 3.8) is 0 Å². The quantitative estimate of drug-likeness (QED) is 0.696. The van der Waals surface area contributed by atoms with Crippen molar-refractivity contribution in [2.24, 2.45) is 0 Å². The minimum absolute atomic E-state index is 0.127. The summed E-state index contributed by atoms with van der Waals surface area (Å²) >= 11 is 12.6. The molecule has 0 spiro atoms. The Morgan fingerprint density at radius 3 is 2.56 bits per heavy atom. The molecule has 0 saturated heterocycles. The first kappa shape index (κ1) is 10.6. The fourth-order valence-corrected chi connectivity index (χ4v) is 3.56. The fourth-order valence-electron chi connectivity index (χ4n) is 2.93. The predicted octanol–water partition coefficient (Wildman–Crippen LogP) is 3.63. The maximum atomic E-state index is 6.38. The Morgan fingerprint density at radius 2 is 1.88 bits per heavy atom. The average molecular weight is 255 g/mol. The topological polar surface area (TPSA) is 9.23 Å². The fraction of sp³-hybridized carbons (Fsp3) is 0.385. The van der Waals surface area contributed by atoms with E-state index in [0.717, 1.165) is 5.03 Å². The number of ether oxygens (including phenoxy) is 1. The van der Waals surface area contributed by atoms with Gasteiger partial charge in [0.15, 0.2) is 0 Å². The number of fused-ring (bicyclic) bond motifs is 5. The van der Waals surface area contributed by atoms with Crippen LogP contribution in [0.4, 0.5) is 0 Å². The van der Waals surface area contributed by atoms with Crippen LogP contribution < -0.4 is 0 Å². The molecular formula is C13H12Cl2O. The smallest absolute Gasteiger partial charge is 0.0782 e. The van der Waals surface area contributed by atoms with Gasteiger partial charge in [0.2, 0.25) is 0 Å². The van der Waals surface area contributed by atoms with E-state index in [0.29, 0.717) is 0 Å². The van der Waals surface area contributed by atoms with Crippen molar-refractivity contribution in [1.29, 1.82) is 0 Å². The molecule has 0 aliphatic heterocycles. The molecule has 0 fully saturated rings. The van der Waals surface area contributed by atoms with E-state index < -0.39 is 0 Å². The number of alkyl halides is 1. The second-order valence-corrected chi connectivity index (χ2v) is 5.24. The standard InChI is InChI=1S/C13H12Cl2O/c1-16-13-9-6-10(14)12(15)11(13)8-5-3-2-4-7(8)9/h2-6,9,11-13H,1H3/t9-,11-,12-,13-/m0/s1. The number of rotatable bonds is 1. The Balaban J connectivity index is 2.19. The number of benzene rings is 1. The van der Waals surface area contributed by atoms with Crippen LogP contribution in [0.15, 0.2) is 35.4 Å². The van der Waals surface area contributed by atoms with E-state index in [1.165, 1.54) is 11.1 Å². The first-order chi connectivity index (χ1) is 7.74. The molecule has 84 valence electrons. The maximum absolute atomic E-state index is 6.38. The minimum Gasteiger partial charge on any atom is -0.380 e. The Hall–Kier alpha value is -0.500. The SMILES string of the molecule is CO[C@@H]1[C@H]2c3ccccc3[C@@H]1C=C(Cl)[C@@H]2Cl. The summed E-state index contributed by atoms with van der Waals surface area (Å²) < 4.78 is 5.59. The average Bonchev–Trinajstić information content (AvgIpc) is 2.56. The molecule has 4 atom stereocenters. The van der Waals surface area contributed by atoms with E-state index in [1.54, 1.807) is 7.11 Å². The molecule has 0 radical (unpaired) electrons. The summed E-state index contributed by atoms with van der Waals surface area (Å²) in [7, 11) is 1.74. The van der Waals surface area contributed by atoms with Crippen LogP contribution in [0.1, 0.15) is 23.0 Å². The summed E-state index contributed by atoms with van der Waals surface area (Å²) in [6, 6.07) is 8.37. The zero-order chi connectivity index (χ0) is 11.3. The highest BCUT2D eigenvalue weighted by molar-refractivity contribution is 6.38. The van der Waals surface area contributed by atoms with E-state index in [2.05, 4.69) is 18.2 Å². The molecule has 3 heteroatoms. The monoisotopic (exact) mass is 254 g/mol. The Bertz CT molecular complexity index is 455. The molecule has 2 bridgehead atoms. The molecule has 0 saturated carbocycles. The lowest BCUT2D eigenvalue weighted by atomic mass is 9.88. The van der Waals surface area contributed by atoms with E-state index in [1.807, 2.05) is 12.1 Å². The molecule has 0 heterocycles. The first-order valence-electron chi connectivity index (χ1n) is 5.37. The summed E-state index contributed by atoms with van der Waals surface area (Å²) in [6.45, 7) is 0. The van der Waals surface area contributed by atoms with E-state index in [9.17, 15) is 0 Å². The molecule has 0 unspecified atom stereocenters. The predicted molar refractivity (Wildman–Crippen MR) is 66.3 cm³/mol. The molecule has 1 aromatic carbocycles. The third-order valence-corrected chi connectivity index (χ3v) is 4.59. The minimum atomic E-state index is -0.161. The highest BCUT2D eigenvalue weighted by Gasteiger charge is 2.47.